The van der Waals surface area contributed by atoms with E-state index in [4.69, 9.17) is 42.8 Å². The van der Waals surface area contributed by atoms with Crippen LogP contribution >= 0.6 is 23.2 Å². The first-order valence-electron chi connectivity index (χ1n) is 13.4. The van der Waals surface area contributed by atoms with E-state index in [-0.39, 0.29) is 12.2 Å². The number of nitrogens with zero attached hydrogens (tertiary/aromatic N) is 4. The van der Waals surface area contributed by atoms with E-state index in [1.807, 2.05) is 12.1 Å². The average molecular weight is 547 g/mol. The van der Waals surface area contributed by atoms with Crippen LogP contribution in [-0.2, 0) is 16.0 Å². The molecule has 0 unspecified atom stereocenters. The van der Waals surface area contributed by atoms with E-state index < -0.39 is 0 Å². The van der Waals surface area contributed by atoms with Crippen molar-refractivity contribution in [2.45, 2.75) is 65.0 Å². The van der Waals surface area contributed by atoms with Crippen LogP contribution in [0, 0.1) is 17.8 Å². The van der Waals surface area contributed by atoms with Crippen LogP contribution in [0.4, 0.5) is 11.8 Å². The summed E-state index contributed by atoms with van der Waals surface area (Å²) in [4.78, 5) is 31.1. The van der Waals surface area contributed by atoms with Gasteiger partial charge in [-0.25, -0.2) is 4.98 Å². The molecule has 1 aliphatic carbocycles. The summed E-state index contributed by atoms with van der Waals surface area (Å²) in [5.41, 5.74) is 2.07. The van der Waals surface area contributed by atoms with Gasteiger partial charge in [0.15, 0.2) is 0 Å². The van der Waals surface area contributed by atoms with Crippen molar-refractivity contribution in [2.24, 2.45) is 17.8 Å². The van der Waals surface area contributed by atoms with E-state index in [1.165, 1.54) is 38.8 Å². The van der Waals surface area contributed by atoms with Gasteiger partial charge in [0.2, 0.25) is 5.95 Å². The summed E-state index contributed by atoms with van der Waals surface area (Å²) in [7, 11) is 0. The number of rotatable bonds is 7. The maximum atomic E-state index is 8.12. The smallest absolute Gasteiger partial charge is 0.363 e. The first kappa shape index (κ1) is 27.8. The maximum absolute atomic E-state index is 8.12. The third-order valence-corrected chi connectivity index (χ3v) is 8.70. The molecule has 0 bridgehead atoms. The number of likely N-dealkylation sites (tertiary alicyclic amines) is 1. The fraction of sp³-hybridized carbons (Fsp3) is 0.607. The number of aryl methyl sites for hydroxylation is 1. The normalized spacial score (nSPS) is 24.7. The molecule has 37 heavy (non-hydrogen) atoms. The van der Waals surface area contributed by atoms with Gasteiger partial charge in [-0.2, -0.15) is 14.6 Å². The van der Waals surface area contributed by atoms with Crippen LogP contribution in [0.5, 0.6) is 0 Å². The van der Waals surface area contributed by atoms with Gasteiger partial charge in [0.25, 0.3) is 0 Å². The van der Waals surface area contributed by atoms with Crippen molar-refractivity contribution in [3.63, 3.8) is 0 Å². The number of hydrogen-bond acceptors (Lipinski definition) is 7. The maximum Gasteiger partial charge on any atom is 0.373 e. The number of piperidine rings is 1. The number of carbonyl (C=O) groups excluding carboxylic acids is 2. The van der Waals surface area contributed by atoms with Gasteiger partial charge in [-0.3, -0.25) is 0 Å². The highest BCUT2D eigenvalue weighted by Crippen LogP contribution is 2.38. The van der Waals surface area contributed by atoms with Crippen molar-refractivity contribution in [2.75, 3.05) is 36.4 Å². The Balaban J connectivity index is 0.00000102. The van der Waals surface area contributed by atoms with Crippen LogP contribution < -0.4 is 10.2 Å². The van der Waals surface area contributed by atoms with E-state index in [2.05, 4.69) is 42.0 Å². The molecular weight excluding hydrogens is 509 g/mol. The third-order valence-electron chi connectivity index (χ3n) is 8.14. The highest BCUT2D eigenvalue weighted by Gasteiger charge is 2.40. The first-order valence-corrected chi connectivity index (χ1v) is 14.1. The van der Waals surface area contributed by atoms with E-state index in [0.29, 0.717) is 10.0 Å². The summed E-state index contributed by atoms with van der Waals surface area (Å²) in [6.45, 7) is 11.4. The Labute approximate surface area is 229 Å². The molecule has 2 saturated heterocycles. The van der Waals surface area contributed by atoms with Crippen molar-refractivity contribution in [3.8, 4) is 0 Å². The average Bonchev–Trinajstić information content (AvgIpc) is 2.81. The van der Waals surface area contributed by atoms with E-state index >= 15 is 0 Å². The number of aromatic nitrogens is 2. The molecule has 1 saturated carbocycles. The van der Waals surface area contributed by atoms with Gasteiger partial charge in [0.05, 0.1) is 6.04 Å². The molecule has 0 radical (unpaired) electrons. The van der Waals surface area contributed by atoms with Crippen molar-refractivity contribution in [1.29, 1.82) is 0 Å². The Morgan fingerprint density at radius 1 is 1.11 bits per heavy atom. The molecule has 0 spiro atoms. The molecule has 200 valence electrons. The molecule has 7 nitrogen and oxygen atoms in total. The summed E-state index contributed by atoms with van der Waals surface area (Å²) < 4.78 is 0. The lowest BCUT2D eigenvalue weighted by molar-refractivity contribution is -0.191. The molecule has 0 amide bonds. The number of hydrogen-bond donors (Lipinski definition) is 1. The monoisotopic (exact) mass is 545 g/mol. The lowest BCUT2D eigenvalue weighted by atomic mass is 9.76. The van der Waals surface area contributed by atoms with E-state index in [1.54, 1.807) is 6.07 Å². The first-order chi connectivity index (χ1) is 17.8. The number of anilines is 2. The zero-order valence-electron chi connectivity index (χ0n) is 21.9. The second-order valence-electron chi connectivity index (χ2n) is 10.8. The molecule has 1 aromatic heterocycles. The molecule has 3 aliphatic rings. The van der Waals surface area contributed by atoms with Gasteiger partial charge in [0.1, 0.15) is 5.82 Å². The molecule has 2 aliphatic heterocycles. The minimum atomic E-state index is 0.0174. The van der Waals surface area contributed by atoms with Crippen LogP contribution in [0.1, 0.15) is 63.8 Å². The minimum absolute atomic E-state index is 0.0174. The second kappa shape index (κ2) is 12.6. The summed E-state index contributed by atoms with van der Waals surface area (Å²) in [5.74, 6) is 4.21. The predicted molar refractivity (Wildman–Crippen MR) is 147 cm³/mol. The summed E-state index contributed by atoms with van der Waals surface area (Å²) in [5, 5.41) is 4.85. The second-order valence-corrected chi connectivity index (χ2v) is 11.6. The quantitative estimate of drug-likeness (QED) is 0.465. The molecule has 9 heteroatoms. The lowest BCUT2D eigenvalue weighted by Gasteiger charge is -2.50. The Morgan fingerprint density at radius 3 is 2.49 bits per heavy atom. The molecule has 1 aromatic carbocycles. The Bertz CT molecular complexity index is 1100. The van der Waals surface area contributed by atoms with Crippen molar-refractivity contribution < 1.29 is 9.59 Å². The van der Waals surface area contributed by atoms with Crippen molar-refractivity contribution in [1.82, 2.24) is 14.9 Å². The summed E-state index contributed by atoms with van der Waals surface area (Å²) in [6.07, 6.45) is 6.66. The standard InChI is InChI=1S/C27H37Cl2N5.CO2/c1-4-22-13-26(30-18(3)24-8-7-21(28)12-25(24)29)32-27(31-22)34-15-20(16-34)19-6-5-9-33(14-19)23-10-17(2)11-23;2-1-3/h7-8,12-13,17-20,23H,4-6,9-11,14-16H2,1-3H3,(H,30,31,32);/t17?,18-,19+,23?;/m1./s1. The highest BCUT2D eigenvalue weighted by atomic mass is 35.5. The topological polar surface area (TPSA) is 78.4 Å². The lowest BCUT2D eigenvalue weighted by Crippen LogP contribution is -2.56. The largest absolute Gasteiger partial charge is 0.373 e. The fourth-order valence-electron chi connectivity index (χ4n) is 5.92. The zero-order chi connectivity index (χ0) is 26.5. The molecule has 2 aromatic rings. The van der Waals surface area contributed by atoms with Gasteiger partial charge in [-0.05, 0) is 81.0 Å². The molecule has 2 atom stereocenters. The number of halogens is 2. The van der Waals surface area contributed by atoms with Crippen LogP contribution in [0.25, 0.3) is 0 Å². The Kier molecular flexibility index (Phi) is 9.46. The minimum Gasteiger partial charge on any atom is -0.363 e. The summed E-state index contributed by atoms with van der Waals surface area (Å²) >= 11 is 12.5. The van der Waals surface area contributed by atoms with Gasteiger partial charge in [-0.15, -0.1) is 0 Å². The van der Waals surface area contributed by atoms with Crippen molar-refractivity contribution in [3.05, 3.63) is 45.6 Å². The number of nitrogens with one attached hydrogen (secondary N) is 1. The van der Waals surface area contributed by atoms with Gasteiger partial charge < -0.3 is 15.1 Å². The van der Waals surface area contributed by atoms with Crippen LogP contribution in [0.3, 0.4) is 0 Å². The molecule has 3 fully saturated rings. The summed E-state index contributed by atoms with van der Waals surface area (Å²) in [6, 6.07) is 8.56. The zero-order valence-corrected chi connectivity index (χ0v) is 23.4. The Morgan fingerprint density at radius 2 is 1.84 bits per heavy atom. The van der Waals surface area contributed by atoms with E-state index in [9.17, 15) is 0 Å². The highest BCUT2D eigenvalue weighted by molar-refractivity contribution is 6.35. The fourth-order valence-corrected chi connectivity index (χ4v) is 6.49. The molecule has 5 rings (SSSR count). The van der Waals surface area contributed by atoms with Gasteiger partial charge in [0, 0.05) is 47.5 Å². The third kappa shape index (κ3) is 6.83. The number of benzene rings is 1. The van der Waals surface area contributed by atoms with Crippen LogP contribution in [-0.4, -0.2) is 53.2 Å². The van der Waals surface area contributed by atoms with Crippen LogP contribution in [0.15, 0.2) is 24.3 Å². The Hall–Kier alpha value is -2.18. The van der Waals surface area contributed by atoms with Gasteiger partial charge in [-0.1, -0.05) is 43.1 Å². The molecule has 1 N–H and O–H groups in total. The van der Waals surface area contributed by atoms with Crippen molar-refractivity contribution >= 4 is 41.1 Å². The molecule has 3 heterocycles. The SMILES string of the molecule is CCc1cc(N[C@H](C)c2ccc(Cl)cc2Cl)nc(N2CC([C@H]3CCCN(C4CC(C)C4)C3)C2)n1.O=C=O. The van der Waals surface area contributed by atoms with Gasteiger partial charge >= 0.3 is 6.15 Å². The predicted octanol–water partition coefficient (Wildman–Crippen LogP) is 5.88. The van der Waals surface area contributed by atoms with Crippen LogP contribution in [0.2, 0.25) is 10.0 Å². The molecular formula is C28H37Cl2N5O2. The van der Waals surface area contributed by atoms with E-state index in [0.717, 1.165) is 66.3 Å².